The summed E-state index contributed by atoms with van der Waals surface area (Å²) in [7, 11) is 1.40. The molecule has 2 atom stereocenters. The average molecular weight is 517 g/mol. The van der Waals surface area contributed by atoms with E-state index in [9.17, 15) is 14.6 Å². The third-order valence-corrected chi connectivity index (χ3v) is 6.34. The SMILES string of the molecule is COc1ccc(OC[C@@H](O)CNC2CCN(C[C@H](O)COc3ccc(Cl)c(Cl)c3)CC2)cc1F. The molecule has 0 aliphatic carbocycles. The van der Waals surface area contributed by atoms with E-state index in [2.05, 4.69) is 10.2 Å². The number of rotatable bonds is 12. The lowest BCUT2D eigenvalue weighted by Gasteiger charge is -2.33. The Kier molecular flexibility index (Phi) is 10.5. The number of benzene rings is 2. The van der Waals surface area contributed by atoms with Crippen LogP contribution >= 0.6 is 23.2 Å². The standard InChI is InChI=1S/C24H31Cl2FN2O5/c1-32-24-5-3-20(11-23(24)27)33-14-17(30)12-28-16-6-8-29(9-7-16)13-18(31)15-34-19-2-4-21(25)22(26)10-19/h2-5,10-11,16-18,28,30-31H,6-9,12-15H2,1H3/t17-,18-/m0/s1. The first-order valence-electron chi connectivity index (χ1n) is 11.2. The van der Waals surface area contributed by atoms with Crippen LogP contribution in [0.5, 0.6) is 17.2 Å². The van der Waals surface area contributed by atoms with Gasteiger partial charge in [-0.1, -0.05) is 23.2 Å². The summed E-state index contributed by atoms with van der Waals surface area (Å²) in [6.07, 6.45) is 0.458. The summed E-state index contributed by atoms with van der Waals surface area (Å²) in [4.78, 5) is 2.19. The number of aliphatic hydroxyl groups is 2. The van der Waals surface area contributed by atoms with E-state index in [-0.39, 0.29) is 25.0 Å². The normalized spacial score (nSPS) is 16.8. The zero-order chi connectivity index (χ0) is 24.5. The smallest absolute Gasteiger partial charge is 0.168 e. The molecule has 10 heteroatoms. The number of nitrogens with one attached hydrogen (secondary N) is 1. The van der Waals surface area contributed by atoms with E-state index in [1.807, 2.05) is 0 Å². The fraction of sp³-hybridized carbons (Fsp3) is 0.500. The van der Waals surface area contributed by atoms with Crippen molar-refractivity contribution in [1.82, 2.24) is 10.2 Å². The quantitative estimate of drug-likeness (QED) is 0.398. The van der Waals surface area contributed by atoms with Crippen molar-refractivity contribution in [3.63, 3.8) is 0 Å². The Hall–Kier alpha value is -1.81. The Morgan fingerprint density at radius 2 is 1.65 bits per heavy atom. The first-order valence-corrected chi connectivity index (χ1v) is 12.0. The molecule has 1 heterocycles. The van der Waals surface area contributed by atoms with E-state index < -0.39 is 18.0 Å². The maximum Gasteiger partial charge on any atom is 0.168 e. The predicted octanol–water partition coefficient (Wildman–Crippen LogP) is 3.37. The molecule has 0 unspecified atom stereocenters. The van der Waals surface area contributed by atoms with E-state index in [1.165, 1.54) is 19.2 Å². The first kappa shape index (κ1) is 26.8. The molecule has 1 saturated heterocycles. The van der Waals surface area contributed by atoms with E-state index in [1.54, 1.807) is 24.3 Å². The molecule has 1 aliphatic heterocycles. The van der Waals surface area contributed by atoms with Crippen LogP contribution in [0, 0.1) is 5.82 Å². The van der Waals surface area contributed by atoms with Crippen molar-refractivity contribution in [2.75, 3.05) is 46.5 Å². The molecule has 0 bridgehead atoms. The molecule has 34 heavy (non-hydrogen) atoms. The molecule has 0 saturated carbocycles. The summed E-state index contributed by atoms with van der Waals surface area (Å²) >= 11 is 11.9. The molecule has 0 aromatic heterocycles. The largest absolute Gasteiger partial charge is 0.494 e. The van der Waals surface area contributed by atoms with Crippen LogP contribution in [0.25, 0.3) is 0 Å². The minimum atomic E-state index is -0.719. The summed E-state index contributed by atoms with van der Waals surface area (Å²) in [5.74, 6) is 0.543. The molecule has 0 amide bonds. The van der Waals surface area contributed by atoms with Crippen LogP contribution in [-0.2, 0) is 0 Å². The van der Waals surface area contributed by atoms with E-state index in [4.69, 9.17) is 37.4 Å². The average Bonchev–Trinajstić information content (AvgIpc) is 2.83. The van der Waals surface area contributed by atoms with Crippen molar-refractivity contribution in [2.45, 2.75) is 31.1 Å². The number of ether oxygens (including phenoxy) is 3. The number of methoxy groups -OCH3 is 1. The van der Waals surface area contributed by atoms with Gasteiger partial charge in [-0.15, -0.1) is 0 Å². The number of piperidine rings is 1. The monoisotopic (exact) mass is 516 g/mol. The summed E-state index contributed by atoms with van der Waals surface area (Å²) < 4.78 is 29.7. The fourth-order valence-electron chi connectivity index (χ4n) is 3.72. The lowest BCUT2D eigenvalue weighted by molar-refractivity contribution is 0.0556. The molecule has 1 fully saturated rings. The molecule has 7 nitrogen and oxygen atoms in total. The highest BCUT2D eigenvalue weighted by Gasteiger charge is 2.22. The number of halogens is 3. The molecule has 0 spiro atoms. The molecule has 1 aliphatic rings. The van der Waals surface area contributed by atoms with Crippen LogP contribution in [0.3, 0.4) is 0 Å². The molecule has 2 aromatic rings. The number of hydrogen-bond acceptors (Lipinski definition) is 7. The summed E-state index contributed by atoms with van der Waals surface area (Å²) in [6.45, 7) is 2.79. The van der Waals surface area contributed by atoms with E-state index >= 15 is 0 Å². The van der Waals surface area contributed by atoms with Crippen molar-refractivity contribution in [1.29, 1.82) is 0 Å². The first-order chi connectivity index (χ1) is 16.3. The van der Waals surface area contributed by atoms with Crippen LogP contribution in [0.2, 0.25) is 10.0 Å². The third-order valence-electron chi connectivity index (χ3n) is 5.60. The Labute approximate surface area is 209 Å². The number of likely N-dealkylation sites (tertiary alicyclic amines) is 1. The Morgan fingerprint density at radius 1 is 1.00 bits per heavy atom. The minimum Gasteiger partial charge on any atom is -0.494 e. The second kappa shape index (κ2) is 13.3. The van der Waals surface area contributed by atoms with Crippen molar-refractivity contribution in [2.24, 2.45) is 0 Å². The Morgan fingerprint density at radius 3 is 2.29 bits per heavy atom. The fourth-order valence-corrected chi connectivity index (χ4v) is 4.01. The lowest BCUT2D eigenvalue weighted by Crippen LogP contribution is -2.47. The van der Waals surface area contributed by atoms with Gasteiger partial charge in [-0.3, -0.25) is 0 Å². The van der Waals surface area contributed by atoms with Crippen molar-refractivity contribution in [3.05, 3.63) is 52.3 Å². The second-order valence-corrected chi connectivity index (χ2v) is 9.10. The van der Waals surface area contributed by atoms with Gasteiger partial charge in [0.25, 0.3) is 0 Å². The molecule has 3 rings (SSSR count). The van der Waals surface area contributed by atoms with E-state index in [0.717, 1.165) is 25.9 Å². The maximum absolute atomic E-state index is 13.7. The van der Waals surface area contributed by atoms with Crippen molar-refractivity contribution >= 4 is 23.2 Å². The molecule has 188 valence electrons. The molecular weight excluding hydrogens is 486 g/mol. The zero-order valence-corrected chi connectivity index (χ0v) is 20.6. The Bertz CT molecular complexity index is 915. The van der Waals surface area contributed by atoms with Gasteiger partial charge in [-0.2, -0.15) is 0 Å². The van der Waals surface area contributed by atoms with Gasteiger partial charge in [-0.05, 0) is 50.2 Å². The summed E-state index contributed by atoms with van der Waals surface area (Å²) in [5.41, 5.74) is 0. The highest BCUT2D eigenvalue weighted by molar-refractivity contribution is 6.42. The van der Waals surface area contributed by atoms with Crippen LogP contribution in [-0.4, -0.2) is 79.9 Å². The topological polar surface area (TPSA) is 83.4 Å². The number of β-amino-alcohol motifs (C(OH)–C–C–N with tert-alkyl or cyclic N) is 1. The van der Waals surface area contributed by atoms with E-state index in [0.29, 0.717) is 34.6 Å². The van der Waals surface area contributed by atoms with Crippen LogP contribution in [0.4, 0.5) is 4.39 Å². The van der Waals surface area contributed by atoms with Gasteiger partial charge in [0.05, 0.1) is 17.2 Å². The molecule has 0 radical (unpaired) electrons. The number of aliphatic hydroxyl groups excluding tert-OH is 2. The molecule has 2 aromatic carbocycles. The van der Waals surface area contributed by atoms with Gasteiger partial charge in [-0.25, -0.2) is 4.39 Å². The molecular formula is C24H31Cl2FN2O5. The highest BCUT2D eigenvalue weighted by atomic mass is 35.5. The third kappa shape index (κ3) is 8.45. The van der Waals surface area contributed by atoms with Gasteiger partial charge >= 0.3 is 0 Å². The Balaban J connectivity index is 1.29. The van der Waals surface area contributed by atoms with Crippen LogP contribution in [0.1, 0.15) is 12.8 Å². The van der Waals surface area contributed by atoms with Crippen LogP contribution in [0.15, 0.2) is 36.4 Å². The maximum atomic E-state index is 13.7. The van der Waals surface area contributed by atoms with Gasteiger partial charge in [0.2, 0.25) is 0 Å². The van der Waals surface area contributed by atoms with Gasteiger partial charge in [0.1, 0.15) is 36.9 Å². The number of nitrogens with zero attached hydrogens (tertiary/aromatic N) is 1. The van der Waals surface area contributed by atoms with Gasteiger partial charge in [0.15, 0.2) is 11.6 Å². The minimum absolute atomic E-state index is 0.0582. The molecule has 3 N–H and O–H groups in total. The van der Waals surface area contributed by atoms with Gasteiger partial charge < -0.3 is 34.6 Å². The zero-order valence-electron chi connectivity index (χ0n) is 19.1. The van der Waals surface area contributed by atoms with Crippen molar-refractivity contribution in [3.8, 4) is 17.2 Å². The predicted molar refractivity (Wildman–Crippen MR) is 130 cm³/mol. The van der Waals surface area contributed by atoms with Gasteiger partial charge in [0, 0.05) is 31.3 Å². The summed E-state index contributed by atoms with van der Waals surface area (Å²) in [5, 5.41) is 24.7. The van der Waals surface area contributed by atoms with Crippen molar-refractivity contribution < 1.29 is 28.8 Å². The second-order valence-electron chi connectivity index (χ2n) is 8.29. The van der Waals surface area contributed by atoms with Crippen LogP contribution < -0.4 is 19.5 Å². The number of hydrogen-bond donors (Lipinski definition) is 3. The summed E-state index contributed by atoms with van der Waals surface area (Å²) in [6, 6.07) is 9.59. The lowest BCUT2D eigenvalue weighted by atomic mass is 10.0. The highest BCUT2D eigenvalue weighted by Crippen LogP contribution is 2.26.